The number of aliphatic carboxylic acids is 1. The molecule has 7 atom stereocenters. The van der Waals surface area contributed by atoms with Gasteiger partial charge in [0.15, 0.2) is 11.9 Å². The zero-order valence-corrected chi connectivity index (χ0v) is 35.0. The topological polar surface area (TPSA) is 184 Å². The van der Waals surface area contributed by atoms with Gasteiger partial charge in [0.25, 0.3) is 5.91 Å². The number of nitrogens with two attached hydrogens (primary N) is 1. The molecule has 0 unspecified atom stereocenters. The summed E-state index contributed by atoms with van der Waals surface area (Å²) in [6, 6.07) is 6.29. The number of amides is 3. The average Bonchev–Trinajstić information content (AvgIpc) is 3.64. The molecule has 2 heterocycles. The van der Waals surface area contributed by atoms with Gasteiger partial charge >= 0.3 is 12.1 Å². The number of piperidine rings is 1. The lowest BCUT2D eigenvalue weighted by Gasteiger charge is -2.43. The van der Waals surface area contributed by atoms with E-state index in [1.807, 2.05) is 53.8 Å². The van der Waals surface area contributed by atoms with Crippen LogP contribution in [0, 0.1) is 23.7 Å². The number of nitrogens with zero attached hydrogens (tertiary/aromatic N) is 3. The molecule has 3 rings (SSSR count). The minimum absolute atomic E-state index is 0.0334. The fourth-order valence-electron chi connectivity index (χ4n) is 7.34. The smallest absolute Gasteiger partial charge is 0.407 e. The summed E-state index contributed by atoms with van der Waals surface area (Å²) in [5, 5.41) is 17.2. The highest BCUT2D eigenvalue weighted by Gasteiger charge is 2.42. The Bertz CT molecular complexity index is 1600. The van der Waals surface area contributed by atoms with Crippen molar-refractivity contribution in [2.75, 3.05) is 32.9 Å². The van der Waals surface area contributed by atoms with Gasteiger partial charge in [-0.3, -0.25) is 24.1 Å². The molecule has 13 nitrogen and oxygen atoms in total. The van der Waals surface area contributed by atoms with E-state index < -0.39 is 53.5 Å². The second kappa shape index (κ2) is 20.8. The molecule has 0 saturated carbocycles. The number of carboxylic acids is 1. The summed E-state index contributed by atoms with van der Waals surface area (Å²) in [7, 11) is 3.74. The molecule has 0 aliphatic carbocycles. The van der Waals surface area contributed by atoms with Gasteiger partial charge in [-0.05, 0) is 89.1 Å². The van der Waals surface area contributed by atoms with Gasteiger partial charge in [0.2, 0.25) is 5.91 Å². The third kappa shape index (κ3) is 12.5. The van der Waals surface area contributed by atoms with Crippen molar-refractivity contribution >= 4 is 46.7 Å². The number of Topliss-reactive ketones (excluding diaryl/α,β-unsaturated/α-hetero) is 1. The van der Waals surface area contributed by atoms with Gasteiger partial charge < -0.3 is 31.1 Å². The third-order valence-corrected chi connectivity index (χ3v) is 12.4. The molecule has 306 valence electrons. The average molecular weight is 785 g/mol. The Morgan fingerprint density at radius 3 is 2.33 bits per heavy atom. The molecule has 5 N–H and O–H groups in total. The monoisotopic (exact) mass is 784 g/mol. The number of nitrogen functional groups attached to an aromatic ring is 1. The summed E-state index contributed by atoms with van der Waals surface area (Å²) in [6.45, 7) is 14.6. The number of likely N-dealkylation sites (N-methyl/N-ethyl adjacent to an activating group) is 1. The van der Waals surface area contributed by atoms with E-state index in [-0.39, 0.29) is 48.5 Å². The number of ketones is 1. The number of hydrogen-bond donors (Lipinski definition) is 4. The lowest BCUT2D eigenvalue weighted by Crippen LogP contribution is -2.54. The van der Waals surface area contributed by atoms with Gasteiger partial charge in [-0.2, -0.15) is 0 Å². The summed E-state index contributed by atoms with van der Waals surface area (Å²) in [6.07, 6.45) is 2.94. The van der Waals surface area contributed by atoms with E-state index in [0.717, 1.165) is 37.8 Å². The summed E-state index contributed by atoms with van der Waals surface area (Å²) in [4.78, 5) is 75.0. The zero-order chi connectivity index (χ0) is 41.0. The minimum atomic E-state index is -0.964. The molecule has 1 aliphatic heterocycles. The fourth-order valence-corrected chi connectivity index (χ4v) is 8.18. The number of ether oxygens (including phenoxy) is 1. The molecule has 0 radical (unpaired) electrons. The fraction of sp³-hybridized carbons (Fsp3) is 0.659. The third-order valence-electron chi connectivity index (χ3n) is 11.4. The van der Waals surface area contributed by atoms with Crippen molar-refractivity contribution in [2.45, 2.75) is 124 Å². The number of thiazole rings is 1. The Kier molecular flexibility index (Phi) is 17.1. The van der Waals surface area contributed by atoms with E-state index in [2.05, 4.69) is 20.5 Å². The van der Waals surface area contributed by atoms with Crippen LogP contribution in [-0.4, -0.2) is 94.4 Å². The number of carbonyl (C=O) groups is 5. The SMILES string of the molecule is CCNC(=O)O[C@H](C[C@H](C(C)C)N(C)C(=O)[C@@H](CC(=O)[C@]1(C)CCCCN1C)[C@@H](C)CC)c1nc(C(=O)N[C@@H](Cc2ccc(N)cc2)C[C@H](C)C(=O)O)cs1. The number of aromatic nitrogens is 1. The van der Waals surface area contributed by atoms with E-state index in [9.17, 15) is 29.1 Å². The van der Waals surface area contributed by atoms with Crippen LogP contribution < -0.4 is 16.4 Å². The molecule has 0 bridgehead atoms. The molecule has 0 spiro atoms. The van der Waals surface area contributed by atoms with Crippen molar-refractivity contribution in [3.05, 3.63) is 45.9 Å². The molecular weight excluding hydrogens is 721 g/mol. The Labute approximate surface area is 331 Å². The number of carbonyl (C=O) groups excluding carboxylic acids is 4. The molecule has 1 saturated heterocycles. The molecule has 55 heavy (non-hydrogen) atoms. The Morgan fingerprint density at radius 2 is 1.75 bits per heavy atom. The number of anilines is 1. The number of carboxylic acid groups (broad SMARTS) is 1. The normalized spacial score (nSPS) is 19.4. The van der Waals surface area contributed by atoms with Crippen molar-refractivity contribution in [1.29, 1.82) is 0 Å². The van der Waals surface area contributed by atoms with E-state index in [0.29, 0.717) is 23.7 Å². The van der Waals surface area contributed by atoms with Gasteiger partial charge in [0.1, 0.15) is 10.7 Å². The number of alkyl carbamates (subject to hydrolysis) is 1. The highest BCUT2D eigenvalue weighted by Crippen LogP contribution is 2.35. The van der Waals surface area contributed by atoms with Crippen molar-refractivity contribution in [2.24, 2.45) is 23.7 Å². The van der Waals surface area contributed by atoms with Gasteiger partial charge in [-0.25, -0.2) is 9.78 Å². The predicted molar refractivity (Wildman–Crippen MR) is 216 cm³/mol. The van der Waals surface area contributed by atoms with E-state index in [1.165, 1.54) is 11.3 Å². The first-order valence-corrected chi connectivity index (χ1v) is 20.6. The van der Waals surface area contributed by atoms with Crippen LogP contribution in [-0.2, 0) is 25.5 Å². The summed E-state index contributed by atoms with van der Waals surface area (Å²) < 4.78 is 5.92. The summed E-state index contributed by atoms with van der Waals surface area (Å²) >= 11 is 1.17. The first-order chi connectivity index (χ1) is 25.9. The Morgan fingerprint density at radius 1 is 1.07 bits per heavy atom. The number of benzene rings is 1. The van der Waals surface area contributed by atoms with Gasteiger partial charge in [0, 0.05) is 55.5 Å². The largest absolute Gasteiger partial charge is 0.481 e. The maximum atomic E-state index is 14.4. The second-order valence-corrected chi connectivity index (χ2v) is 16.7. The lowest BCUT2D eigenvalue weighted by atomic mass is 9.77. The highest BCUT2D eigenvalue weighted by atomic mass is 32.1. The number of likely N-dealkylation sites (tertiary alicyclic amines) is 1. The minimum Gasteiger partial charge on any atom is -0.481 e. The van der Waals surface area contributed by atoms with Crippen LogP contribution >= 0.6 is 11.3 Å². The quantitative estimate of drug-likeness (QED) is 0.111. The molecule has 14 heteroatoms. The number of hydrogen-bond acceptors (Lipinski definition) is 10. The summed E-state index contributed by atoms with van der Waals surface area (Å²) in [5.74, 6) is -2.80. The standard InChI is InChI=1S/C41H64N6O7S/c1-10-26(5)31(22-35(48)41(7)18-12-13-19-46(41)8)38(50)47(9)33(25(3)4)23-34(54-40(53)43-11-2)37-45-32(24-55-37)36(49)44-30(20-27(6)39(51)52)21-28-14-16-29(42)17-15-28/h14-17,24-27,30-31,33-34H,10-13,18-23,42H2,1-9H3,(H,43,53)(H,44,49)(H,51,52)/t26-,27-,30+,31-,33+,34+,41-/m0/s1. The van der Waals surface area contributed by atoms with Crippen molar-refractivity contribution in [3.63, 3.8) is 0 Å². The van der Waals surface area contributed by atoms with Crippen LogP contribution in [0.3, 0.4) is 0 Å². The van der Waals surface area contributed by atoms with Gasteiger partial charge in [0.05, 0.1) is 11.5 Å². The summed E-state index contributed by atoms with van der Waals surface area (Å²) in [5.41, 5.74) is 6.83. The van der Waals surface area contributed by atoms with Crippen LogP contribution in [0.5, 0.6) is 0 Å². The highest BCUT2D eigenvalue weighted by molar-refractivity contribution is 7.09. The van der Waals surface area contributed by atoms with Gasteiger partial charge in [-0.1, -0.05) is 53.2 Å². The molecule has 1 fully saturated rings. The predicted octanol–water partition coefficient (Wildman–Crippen LogP) is 6.33. The van der Waals surface area contributed by atoms with E-state index in [4.69, 9.17) is 10.5 Å². The molecule has 1 aliphatic rings. The first kappa shape index (κ1) is 45.4. The van der Waals surface area contributed by atoms with E-state index in [1.54, 1.807) is 43.3 Å². The lowest BCUT2D eigenvalue weighted by molar-refractivity contribution is -0.144. The molecule has 1 aromatic heterocycles. The first-order valence-electron chi connectivity index (χ1n) is 19.7. The molecular formula is C41H64N6O7S. The van der Waals surface area contributed by atoms with Crippen molar-refractivity contribution in [1.82, 2.24) is 25.4 Å². The molecule has 1 aromatic carbocycles. The Balaban J connectivity index is 1.87. The van der Waals surface area contributed by atoms with E-state index >= 15 is 0 Å². The van der Waals surface area contributed by atoms with Crippen LogP contribution in [0.1, 0.15) is 121 Å². The van der Waals surface area contributed by atoms with Crippen LogP contribution in [0.15, 0.2) is 29.6 Å². The van der Waals surface area contributed by atoms with Crippen molar-refractivity contribution in [3.8, 4) is 0 Å². The van der Waals surface area contributed by atoms with Crippen molar-refractivity contribution < 1.29 is 33.8 Å². The zero-order valence-electron chi connectivity index (χ0n) is 34.2. The molecule has 2 aromatic rings. The maximum absolute atomic E-state index is 14.4. The second-order valence-electron chi connectivity index (χ2n) is 15.9. The number of nitrogens with one attached hydrogen (secondary N) is 2. The van der Waals surface area contributed by atoms with Crippen LogP contribution in [0.25, 0.3) is 0 Å². The number of rotatable bonds is 20. The molecule has 3 amide bonds. The van der Waals surface area contributed by atoms with Crippen LogP contribution in [0.2, 0.25) is 0 Å². The maximum Gasteiger partial charge on any atom is 0.407 e. The van der Waals surface area contributed by atoms with Crippen LogP contribution in [0.4, 0.5) is 10.5 Å². The van der Waals surface area contributed by atoms with Gasteiger partial charge in [-0.15, -0.1) is 11.3 Å². The Hall–Kier alpha value is -4.04.